The van der Waals surface area contributed by atoms with E-state index in [2.05, 4.69) is 75.1 Å². The molecule has 44 heavy (non-hydrogen) atoms. The summed E-state index contributed by atoms with van der Waals surface area (Å²) in [6.45, 7) is 8.79. The number of anilines is 1. The van der Waals surface area contributed by atoms with Crippen LogP contribution in [0.4, 0.5) is 5.69 Å². The molecule has 236 valence electrons. The lowest BCUT2D eigenvalue weighted by molar-refractivity contribution is 0.302. The molecule has 0 radical (unpaired) electrons. The molecule has 0 amide bonds. The van der Waals surface area contributed by atoms with Gasteiger partial charge in [0.05, 0.1) is 53.1 Å². The molecule has 3 aromatic carbocycles. The van der Waals surface area contributed by atoms with E-state index < -0.39 is 5.41 Å². The molecule has 4 rings (SSSR count). The Hall–Kier alpha value is -4.05. The fraction of sp³-hybridized carbons (Fsp3) is 0.486. The van der Waals surface area contributed by atoms with Crippen molar-refractivity contribution in [2.24, 2.45) is 11.8 Å². The van der Waals surface area contributed by atoms with Crippen LogP contribution < -0.4 is 28.6 Å². The highest BCUT2D eigenvalue weighted by Gasteiger charge is 2.41. The van der Waals surface area contributed by atoms with Crippen LogP contribution in [-0.2, 0) is 11.8 Å². The molecule has 0 bridgehead atoms. The van der Waals surface area contributed by atoms with Crippen LogP contribution in [0.5, 0.6) is 28.7 Å². The van der Waals surface area contributed by atoms with Gasteiger partial charge in [0, 0.05) is 17.3 Å². The van der Waals surface area contributed by atoms with E-state index in [1.54, 1.807) is 35.5 Å². The number of nitrogens with zero attached hydrogens (tertiary/aromatic N) is 2. The predicted molar refractivity (Wildman–Crippen MR) is 176 cm³/mol. The topological polar surface area (TPSA) is 73.2 Å². The molecule has 0 aliphatic carbocycles. The molecule has 7 heteroatoms. The maximum atomic E-state index is 10.7. The van der Waals surface area contributed by atoms with Gasteiger partial charge < -0.3 is 28.6 Å². The third kappa shape index (κ3) is 6.00. The molecule has 0 fully saturated rings. The summed E-state index contributed by atoms with van der Waals surface area (Å²) >= 11 is 0. The van der Waals surface area contributed by atoms with E-state index in [1.807, 2.05) is 18.2 Å². The summed E-state index contributed by atoms with van der Waals surface area (Å²) < 4.78 is 28.7. The van der Waals surface area contributed by atoms with E-state index >= 15 is 0 Å². The molecule has 3 aromatic rings. The van der Waals surface area contributed by atoms with E-state index in [1.165, 1.54) is 11.3 Å². The Morgan fingerprint density at radius 2 is 1.48 bits per heavy atom. The maximum Gasteiger partial charge on any atom is 0.203 e. The molecule has 0 aromatic heterocycles. The number of methoxy groups -OCH3 is 5. The zero-order valence-electron chi connectivity index (χ0n) is 27.8. The molecule has 3 atom stereocenters. The molecule has 0 N–H and O–H groups in total. The standard InChI is InChI=1S/C37H48N2O5/c1-24(2)34-33-26(21-32(42-7)35(43-8)36(33)44-9)20-29(39(34)28-14-11-10-12-15-28)16-13-19-37(23-38,25(3)4)27-17-18-30(40-5)31(22-27)41-6/h10-12,14-15,17-18,21-22,24-25,29,34H,13,16,19-20H2,1-9H3/t29-,34?,37-/m0/s1. The smallest absolute Gasteiger partial charge is 0.203 e. The molecule has 7 nitrogen and oxygen atoms in total. The van der Waals surface area contributed by atoms with Gasteiger partial charge in [0.15, 0.2) is 23.0 Å². The lowest BCUT2D eigenvalue weighted by Crippen LogP contribution is -2.46. The van der Waals surface area contributed by atoms with Crippen molar-refractivity contribution >= 4 is 5.69 Å². The Morgan fingerprint density at radius 1 is 0.818 bits per heavy atom. The summed E-state index contributed by atoms with van der Waals surface area (Å²) in [5.74, 6) is 3.72. The van der Waals surface area contributed by atoms with Gasteiger partial charge in [-0.15, -0.1) is 0 Å². The highest BCUT2D eigenvalue weighted by molar-refractivity contribution is 5.65. The fourth-order valence-electron chi connectivity index (χ4n) is 7.05. The second-order valence-electron chi connectivity index (χ2n) is 12.2. The average molecular weight is 601 g/mol. The van der Waals surface area contributed by atoms with Crippen LogP contribution in [0.1, 0.15) is 69.7 Å². The minimum atomic E-state index is -0.666. The number of benzene rings is 3. The second-order valence-corrected chi connectivity index (χ2v) is 12.2. The molecular formula is C37H48N2O5. The number of fused-ring (bicyclic) bond motifs is 1. The molecule has 1 heterocycles. The van der Waals surface area contributed by atoms with E-state index in [9.17, 15) is 5.26 Å². The molecule has 0 spiro atoms. The van der Waals surface area contributed by atoms with Crippen LogP contribution in [-0.4, -0.2) is 41.6 Å². The zero-order valence-corrected chi connectivity index (χ0v) is 27.8. The van der Waals surface area contributed by atoms with E-state index in [0.717, 1.165) is 42.6 Å². The predicted octanol–water partition coefficient (Wildman–Crippen LogP) is 8.15. The fourth-order valence-corrected chi connectivity index (χ4v) is 7.05. The largest absolute Gasteiger partial charge is 0.493 e. The summed E-state index contributed by atoms with van der Waals surface area (Å²) in [5, 5.41) is 10.7. The Bertz CT molecular complexity index is 1450. The number of hydrogen-bond donors (Lipinski definition) is 0. The van der Waals surface area contributed by atoms with Crippen LogP contribution in [0.3, 0.4) is 0 Å². The van der Waals surface area contributed by atoms with Crippen molar-refractivity contribution in [3.8, 4) is 34.8 Å². The number of ether oxygens (including phenoxy) is 5. The molecule has 1 aliphatic rings. The van der Waals surface area contributed by atoms with Gasteiger partial charge in [-0.05, 0) is 79.0 Å². The van der Waals surface area contributed by atoms with Gasteiger partial charge in [-0.1, -0.05) is 52.0 Å². The zero-order chi connectivity index (χ0) is 32.0. The minimum absolute atomic E-state index is 0.0533. The second kappa shape index (κ2) is 14.2. The summed E-state index contributed by atoms with van der Waals surface area (Å²) in [6, 6.07) is 21.6. The van der Waals surface area contributed by atoms with Crippen molar-refractivity contribution in [1.82, 2.24) is 0 Å². The number of para-hydroxylation sites is 1. The van der Waals surface area contributed by atoms with Crippen molar-refractivity contribution in [2.75, 3.05) is 40.4 Å². The van der Waals surface area contributed by atoms with E-state index in [0.29, 0.717) is 23.0 Å². The van der Waals surface area contributed by atoms with Gasteiger partial charge in [0.1, 0.15) is 0 Å². The lowest BCUT2D eigenvalue weighted by Gasteiger charge is -2.48. The summed E-state index contributed by atoms with van der Waals surface area (Å²) in [6.07, 6.45) is 3.34. The van der Waals surface area contributed by atoms with Crippen molar-refractivity contribution in [2.45, 2.75) is 70.9 Å². The molecule has 0 saturated carbocycles. The van der Waals surface area contributed by atoms with E-state index in [4.69, 9.17) is 23.7 Å². The molecule has 1 aliphatic heterocycles. The molecular weight excluding hydrogens is 552 g/mol. The Balaban J connectivity index is 1.76. The van der Waals surface area contributed by atoms with Crippen LogP contribution >= 0.6 is 0 Å². The van der Waals surface area contributed by atoms with Crippen molar-refractivity contribution < 1.29 is 23.7 Å². The van der Waals surface area contributed by atoms with Crippen molar-refractivity contribution in [3.63, 3.8) is 0 Å². The Labute approximate surface area is 263 Å². The quantitative estimate of drug-likeness (QED) is 0.196. The first kappa shape index (κ1) is 32.9. The van der Waals surface area contributed by atoms with Crippen molar-refractivity contribution in [3.05, 3.63) is 71.3 Å². The SMILES string of the molecule is COc1ccc([C@](C#N)(CCC[C@H]2Cc3cc(OC)c(OC)c(OC)c3C(C(C)C)N2c2ccccc2)C(C)C)cc1OC. The number of rotatable bonds is 13. The summed E-state index contributed by atoms with van der Waals surface area (Å²) in [5.41, 5.74) is 3.84. The monoisotopic (exact) mass is 600 g/mol. The molecule has 1 unspecified atom stereocenters. The third-order valence-corrected chi connectivity index (χ3v) is 9.28. The Morgan fingerprint density at radius 3 is 2.02 bits per heavy atom. The van der Waals surface area contributed by atoms with Crippen LogP contribution in [0.25, 0.3) is 0 Å². The maximum absolute atomic E-state index is 10.7. The third-order valence-electron chi connectivity index (χ3n) is 9.28. The van der Waals surface area contributed by atoms with Gasteiger partial charge in [-0.3, -0.25) is 0 Å². The number of hydrogen-bond acceptors (Lipinski definition) is 7. The first-order chi connectivity index (χ1) is 21.2. The number of nitriles is 1. The average Bonchev–Trinajstić information content (AvgIpc) is 3.04. The molecule has 0 saturated heterocycles. The van der Waals surface area contributed by atoms with Gasteiger partial charge in [-0.2, -0.15) is 5.26 Å². The normalized spacial score (nSPS) is 17.5. The van der Waals surface area contributed by atoms with Crippen LogP contribution in [0.2, 0.25) is 0 Å². The van der Waals surface area contributed by atoms with Gasteiger partial charge >= 0.3 is 0 Å². The van der Waals surface area contributed by atoms with Gasteiger partial charge in [0.25, 0.3) is 0 Å². The highest BCUT2D eigenvalue weighted by atomic mass is 16.5. The van der Waals surface area contributed by atoms with Gasteiger partial charge in [-0.25, -0.2) is 0 Å². The Kier molecular flexibility index (Phi) is 10.6. The van der Waals surface area contributed by atoms with Gasteiger partial charge in [0.2, 0.25) is 5.75 Å². The van der Waals surface area contributed by atoms with Crippen LogP contribution in [0.15, 0.2) is 54.6 Å². The van der Waals surface area contributed by atoms with Crippen LogP contribution in [0, 0.1) is 23.2 Å². The highest BCUT2D eigenvalue weighted by Crippen LogP contribution is 2.52. The minimum Gasteiger partial charge on any atom is -0.493 e. The first-order valence-electron chi connectivity index (χ1n) is 15.5. The van der Waals surface area contributed by atoms with Crippen molar-refractivity contribution in [1.29, 1.82) is 5.26 Å². The summed E-state index contributed by atoms with van der Waals surface area (Å²) in [7, 11) is 8.29. The van der Waals surface area contributed by atoms with E-state index in [-0.39, 0.29) is 23.9 Å². The first-order valence-corrected chi connectivity index (χ1v) is 15.5. The lowest BCUT2D eigenvalue weighted by atomic mass is 9.69. The summed E-state index contributed by atoms with van der Waals surface area (Å²) in [4.78, 5) is 2.57.